The summed E-state index contributed by atoms with van der Waals surface area (Å²) in [6.07, 6.45) is 1.65. The maximum atomic E-state index is 12.4. The van der Waals surface area contributed by atoms with Gasteiger partial charge in [0.25, 0.3) is 5.91 Å². The number of halogens is 2. The van der Waals surface area contributed by atoms with E-state index in [0.29, 0.717) is 21.5 Å². The van der Waals surface area contributed by atoms with E-state index in [0.717, 1.165) is 11.4 Å². The van der Waals surface area contributed by atoms with Crippen molar-refractivity contribution in [2.75, 3.05) is 5.32 Å². The number of hydrogen-bond acceptors (Lipinski definition) is 4. The van der Waals surface area contributed by atoms with Crippen LogP contribution in [0, 0.1) is 13.8 Å². The van der Waals surface area contributed by atoms with Gasteiger partial charge in [-0.1, -0.05) is 29.3 Å². The summed E-state index contributed by atoms with van der Waals surface area (Å²) in [5.41, 5.74) is 2.58. The van der Waals surface area contributed by atoms with Gasteiger partial charge >= 0.3 is 0 Å². The zero-order chi connectivity index (χ0) is 18.8. The quantitative estimate of drug-likeness (QED) is 0.714. The van der Waals surface area contributed by atoms with Gasteiger partial charge < -0.3 is 10.1 Å². The van der Waals surface area contributed by atoms with E-state index in [1.54, 1.807) is 35.1 Å². The Morgan fingerprint density at radius 2 is 2.00 bits per heavy atom. The van der Waals surface area contributed by atoms with Crippen LogP contribution >= 0.6 is 23.2 Å². The molecule has 0 spiro atoms. The second-order valence-corrected chi connectivity index (χ2v) is 6.47. The highest BCUT2D eigenvalue weighted by molar-refractivity contribution is 6.42. The first-order valence-corrected chi connectivity index (χ1v) is 8.54. The van der Waals surface area contributed by atoms with Gasteiger partial charge in [0.05, 0.1) is 22.1 Å². The first-order chi connectivity index (χ1) is 12.4. The number of amides is 1. The Balaban J connectivity index is 1.67. The minimum Gasteiger partial charge on any atom is -0.470 e. The molecule has 9 heteroatoms. The predicted molar refractivity (Wildman–Crippen MR) is 100.0 cm³/mol. The molecule has 26 heavy (non-hydrogen) atoms. The van der Waals surface area contributed by atoms with Crippen molar-refractivity contribution >= 4 is 34.8 Å². The zero-order valence-corrected chi connectivity index (χ0v) is 16.0. The van der Waals surface area contributed by atoms with Crippen LogP contribution in [0.2, 0.25) is 10.0 Å². The van der Waals surface area contributed by atoms with Crippen LogP contribution < -0.4 is 10.1 Å². The van der Waals surface area contributed by atoms with Crippen LogP contribution in [0.3, 0.4) is 0 Å². The van der Waals surface area contributed by atoms with Crippen molar-refractivity contribution in [2.24, 2.45) is 7.05 Å². The number of ether oxygens (including phenoxy) is 1. The molecule has 2 aromatic heterocycles. The molecule has 3 aromatic rings. The van der Waals surface area contributed by atoms with Gasteiger partial charge in [-0.05, 0) is 32.0 Å². The van der Waals surface area contributed by atoms with Crippen molar-refractivity contribution in [2.45, 2.75) is 20.6 Å². The number of rotatable bonds is 5. The Kier molecular flexibility index (Phi) is 5.20. The number of benzene rings is 1. The molecule has 0 saturated heterocycles. The highest BCUT2D eigenvalue weighted by Gasteiger charge is 2.16. The number of carbonyl (C=O) groups excluding carboxylic acids is 1. The lowest BCUT2D eigenvalue weighted by molar-refractivity contribution is 0.102. The average Bonchev–Trinajstić information content (AvgIpc) is 3.17. The van der Waals surface area contributed by atoms with Crippen molar-refractivity contribution < 1.29 is 9.53 Å². The number of nitrogens with zero attached hydrogens (tertiary/aromatic N) is 4. The maximum absolute atomic E-state index is 12.4. The van der Waals surface area contributed by atoms with Crippen LogP contribution in [0.15, 0.2) is 30.5 Å². The topological polar surface area (TPSA) is 74.0 Å². The minimum atomic E-state index is -0.316. The second-order valence-electron chi connectivity index (χ2n) is 5.69. The van der Waals surface area contributed by atoms with Crippen molar-refractivity contribution in [3.05, 3.63) is 57.6 Å². The number of hydrogen-bond donors (Lipinski definition) is 1. The maximum Gasteiger partial charge on any atom is 0.276 e. The van der Waals surface area contributed by atoms with E-state index in [9.17, 15) is 4.79 Å². The third-order valence-electron chi connectivity index (χ3n) is 3.89. The Morgan fingerprint density at radius 1 is 1.23 bits per heavy atom. The molecule has 0 fully saturated rings. The van der Waals surface area contributed by atoms with Gasteiger partial charge in [-0.3, -0.25) is 9.48 Å². The molecule has 0 atom stereocenters. The summed E-state index contributed by atoms with van der Waals surface area (Å²) in [6.45, 7) is 3.82. The molecular weight excluding hydrogens is 377 g/mol. The number of anilines is 1. The van der Waals surface area contributed by atoms with E-state index in [4.69, 9.17) is 27.9 Å². The first kappa shape index (κ1) is 18.3. The lowest BCUT2D eigenvalue weighted by Crippen LogP contribution is -2.15. The summed E-state index contributed by atoms with van der Waals surface area (Å²) >= 11 is 12.0. The molecule has 1 aromatic carbocycles. The third-order valence-corrected chi connectivity index (χ3v) is 4.69. The Bertz CT molecular complexity index is 964. The molecule has 0 unspecified atom stereocenters. The summed E-state index contributed by atoms with van der Waals surface area (Å²) in [6, 6.07) is 6.73. The van der Waals surface area contributed by atoms with Gasteiger partial charge in [0.1, 0.15) is 10.8 Å². The van der Waals surface area contributed by atoms with Gasteiger partial charge in [-0.25, -0.2) is 4.68 Å². The van der Waals surface area contributed by atoms with Crippen LogP contribution in [-0.4, -0.2) is 25.5 Å². The average molecular weight is 394 g/mol. The molecule has 0 bridgehead atoms. The summed E-state index contributed by atoms with van der Waals surface area (Å²) in [5.74, 6) is 0.131. The number of nitrogens with one attached hydrogen (secondary N) is 1. The molecule has 3 rings (SSSR count). The fourth-order valence-corrected chi connectivity index (χ4v) is 2.76. The van der Waals surface area contributed by atoms with E-state index in [1.165, 1.54) is 4.68 Å². The molecule has 0 aliphatic rings. The molecule has 1 amide bonds. The molecule has 0 aliphatic heterocycles. The van der Waals surface area contributed by atoms with Gasteiger partial charge in [0.15, 0.2) is 12.4 Å². The monoisotopic (exact) mass is 393 g/mol. The van der Waals surface area contributed by atoms with Crippen LogP contribution in [0.1, 0.15) is 21.9 Å². The molecule has 1 N–H and O–H groups in total. The van der Waals surface area contributed by atoms with Gasteiger partial charge in [0.2, 0.25) is 0 Å². The lowest BCUT2D eigenvalue weighted by atomic mass is 10.3. The van der Waals surface area contributed by atoms with Crippen molar-refractivity contribution in [1.82, 2.24) is 19.6 Å². The van der Waals surface area contributed by atoms with E-state index in [-0.39, 0.29) is 18.3 Å². The fraction of sp³-hybridized carbons (Fsp3) is 0.235. The first-order valence-electron chi connectivity index (χ1n) is 7.78. The van der Waals surface area contributed by atoms with Crippen LogP contribution in [0.5, 0.6) is 5.75 Å². The Labute approximate surface area is 160 Å². The van der Waals surface area contributed by atoms with Crippen molar-refractivity contribution in [3.63, 3.8) is 0 Å². The normalized spacial score (nSPS) is 10.8. The van der Waals surface area contributed by atoms with Gasteiger partial charge in [-0.15, -0.1) is 0 Å². The molecule has 136 valence electrons. The minimum absolute atomic E-state index is 0.0955. The van der Waals surface area contributed by atoms with Gasteiger partial charge in [0, 0.05) is 13.2 Å². The van der Waals surface area contributed by atoms with E-state index >= 15 is 0 Å². The molecule has 2 heterocycles. The van der Waals surface area contributed by atoms with Crippen LogP contribution in [-0.2, 0) is 13.8 Å². The molecule has 0 radical (unpaired) electrons. The SMILES string of the molecule is Cc1nn(C)c(C)c1NC(=O)c1ccn(COc2cccc(Cl)c2Cl)n1. The summed E-state index contributed by atoms with van der Waals surface area (Å²) in [5, 5.41) is 12.1. The summed E-state index contributed by atoms with van der Waals surface area (Å²) < 4.78 is 8.81. The highest BCUT2D eigenvalue weighted by Crippen LogP contribution is 2.31. The molecule has 7 nitrogen and oxygen atoms in total. The number of aryl methyl sites for hydroxylation is 2. The largest absolute Gasteiger partial charge is 0.470 e. The lowest BCUT2D eigenvalue weighted by Gasteiger charge is -2.08. The zero-order valence-electron chi connectivity index (χ0n) is 14.5. The smallest absolute Gasteiger partial charge is 0.276 e. The second kappa shape index (κ2) is 7.39. The van der Waals surface area contributed by atoms with Crippen LogP contribution in [0.25, 0.3) is 0 Å². The number of aromatic nitrogens is 4. The van der Waals surface area contributed by atoms with Crippen molar-refractivity contribution in [3.8, 4) is 5.75 Å². The van der Waals surface area contributed by atoms with Gasteiger partial charge in [-0.2, -0.15) is 10.2 Å². The fourth-order valence-electron chi connectivity index (χ4n) is 2.42. The van der Waals surface area contributed by atoms with Crippen LogP contribution in [0.4, 0.5) is 5.69 Å². The van der Waals surface area contributed by atoms with E-state index in [1.807, 2.05) is 20.9 Å². The Morgan fingerprint density at radius 3 is 2.69 bits per heavy atom. The molecule has 0 aliphatic carbocycles. The predicted octanol–water partition coefficient (Wildman–Crippen LogP) is 3.83. The van der Waals surface area contributed by atoms with E-state index in [2.05, 4.69) is 15.5 Å². The Hall–Kier alpha value is -2.51. The standard InChI is InChI=1S/C17H17Cl2N5O2/c1-10-16(11(2)23(3)21-10)20-17(25)13-7-8-24(22-13)9-26-14-6-4-5-12(18)15(14)19/h4-8H,9H2,1-3H3,(H,20,25). The van der Waals surface area contributed by atoms with E-state index < -0.39 is 0 Å². The number of carbonyl (C=O) groups is 1. The molecule has 0 saturated carbocycles. The third kappa shape index (κ3) is 3.68. The summed E-state index contributed by atoms with van der Waals surface area (Å²) in [4.78, 5) is 12.4. The molecular formula is C17H17Cl2N5O2. The highest BCUT2D eigenvalue weighted by atomic mass is 35.5. The summed E-state index contributed by atoms with van der Waals surface area (Å²) in [7, 11) is 1.82. The van der Waals surface area contributed by atoms with Crippen molar-refractivity contribution in [1.29, 1.82) is 0 Å².